The minimum atomic E-state index is -0.467. The fraction of sp³-hybridized carbons (Fsp3) is 0.350. The smallest absolute Gasteiger partial charge is 0.329 e. The fourth-order valence-corrected chi connectivity index (χ4v) is 3.70. The van der Waals surface area contributed by atoms with Crippen molar-refractivity contribution in [3.05, 3.63) is 56.5 Å². The van der Waals surface area contributed by atoms with E-state index in [-0.39, 0.29) is 0 Å². The molecule has 0 atom stereocenters. The van der Waals surface area contributed by atoms with E-state index in [4.69, 9.17) is 4.74 Å². The fourth-order valence-electron chi connectivity index (χ4n) is 3.70. The molecule has 0 spiro atoms. The lowest BCUT2D eigenvalue weighted by atomic mass is 10.3. The summed E-state index contributed by atoms with van der Waals surface area (Å²) in [4.78, 5) is 31.3. The zero-order valence-corrected chi connectivity index (χ0v) is 16.9. The number of fused-ring (bicyclic) bond motifs is 3. The normalized spacial score (nSPS) is 11.4. The van der Waals surface area contributed by atoms with Crippen LogP contribution in [0.4, 0.5) is 5.69 Å². The number of methoxy groups -OCH3 is 1. The Morgan fingerprint density at radius 1 is 1.17 bits per heavy atom. The van der Waals surface area contributed by atoms with Gasteiger partial charge in [-0.05, 0) is 32.4 Å². The number of H-pyrrole nitrogens is 1. The van der Waals surface area contributed by atoms with Crippen molar-refractivity contribution < 1.29 is 4.74 Å². The van der Waals surface area contributed by atoms with Crippen LogP contribution in [0.15, 0.2) is 33.9 Å². The number of aromatic amines is 1. The van der Waals surface area contributed by atoms with Crippen LogP contribution in [0.25, 0.3) is 16.9 Å². The maximum Gasteiger partial charge on any atom is 0.329 e. The van der Waals surface area contributed by atoms with Crippen LogP contribution >= 0.6 is 0 Å². The zero-order valence-electron chi connectivity index (χ0n) is 16.9. The SMILES string of the molecule is COc1ccccc1NCCCn1c(C)c(C)n2c3c(=O)[nH]c(=O)n(C)c3nc12. The number of hydrogen-bond acceptors (Lipinski definition) is 5. The molecule has 3 aromatic heterocycles. The van der Waals surface area contributed by atoms with Gasteiger partial charge in [-0.15, -0.1) is 0 Å². The van der Waals surface area contributed by atoms with Crippen LogP contribution in [0.5, 0.6) is 5.75 Å². The highest BCUT2D eigenvalue weighted by atomic mass is 16.5. The van der Waals surface area contributed by atoms with Gasteiger partial charge in [0, 0.05) is 31.5 Å². The maximum atomic E-state index is 12.4. The van der Waals surface area contributed by atoms with Crippen molar-refractivity contribution >= 4 is 22.6 Å². The standard InChI is InChI=1S/C20H24N6O3/c1-12-13(2)26-16-17(24(3)20(28)23-18(16)27)22-19(26)25(12)11-7-10-21-14-8-5-6-9-15(14)29-4/h5-6,8-9,21H,7,10-11H2,1-4H3,(H,23,27,28). The molecular weight excluding hydrogens is 372 g/mol. The Labute approximate surface area is 166 Å². The summed E-state index contributed by atoms with van der Waals surface area (Å²) in [5, 5.41) is 3.40. The Hall–Kier alpha value is -3.49. The zero-order chi connectivity index (χ0) is 20.7. The maximum absolute atomic E-state index is 12.4. The number of ether oxygens (including phenoxy) is 1. The van der Waals surface area contributed by atoms with Gasteiger partial charge in [-0.1, -0.05) is 12.1 Å². The van der Waals surface area contributed by atoms with Gasteiger partial charge in [-0.2, -0.15) is 4.98 Å². The number of hydrogen-bond donors (Lipinski definition) is 2. The van der Waals surface area contributed by atoms with E-state index in [0.717, 1.165) is 42.3 Å². The van der Waals surface area contributed by atoms with E-state index in [1.807, 2.05) is 42.5 Å². The molecule has 0 aliphatic carbocycles. The molecule has 9 heteroatoms. The summed E-state index contributed by atoms with van der Waals surface area (Å²) in [5.74, 6) is 1.47. The molecule has 1 aromatic carbocycles. The van der Waals surface area contributed by atoms with Crippen LogP contribution < -0.4 is 21.3 Å². The third-order valence-electron chi connectivity index (χ3n) is 5.39. The molecule has 0 unspecified atom stereocenters. The minimum absolute atomic E-state index is 0.387. The first-order valence-electron chi connectivity index (χ1n) is 9.48. The number of anilines is 1. The number of rotatable bonds is 6. The molecule has 4 aromatic rings. The van der Waals surface area contributed by atoms with Gasteiger partial charge >= 0.3 is 5.69 Å². The molecule has 0 aliphatic rings. The summed E-state index contributed by atoms with van der Waals surface area (Å²) in [6, 6.07) is 7.80. The Morgan fingerprint density at radius 2 is 1.93 bits per heavy atom. The van der Waals surface area contributed by atoms with Crippen molar-refractivity contribution in [3.8, 4) is 5.75 Å². The minimum Gasteiger partial charge on any atom is -0.495 e. The van der Waals surface area contributed by atoms with Crippen molar-refractivity contribution in [2.24, 2.45) is 7.05 Å². The molecule has 152 valence electrons. The molecule has 0 bridgehead atoms. The number of para-hydroxylation sites is 2. The molecule has 0 saturated heterocycles. The molecule has 2 N–H and O–H groups in total. The first-order chi connectivity index (χ1) is 13.9. The summed E-state index contributed by atoms with van der Waals surface area (Å²) in [6.07, 6.45) is 0.848. The number of aromatic nitrogens is 5. The molecule has 3 heterocycles. The monoisotopic (exact) mass is 396 g/mol. The first-order valence-corrected chi connectivity index (χ1v) is 9.48. The second-order valence-corrected chi connectivity index (χ2v) is 7.04. The summed E-state index contributed by atoms with van der Waals surface area (Å²) in [7, 11) is 3.26. The Bertz CT molecular complexity index is 1320. The molecule has 0 fully saturated rings. The van der Waals surface area contributed by atoms with Crippen molar-refractivity contribution in [1.82, 2.24) is 23.5 Å². The quantitative estimate of drug-likeness (QED) is 0.484. The predicted molar refractivity (Wildman–Crippen MR) is 112 cm³/mol. The number of imidazole rings is 2. The lowest BCUT2D eigenvalue weighted by Crippen LogP contribution is -2.28. The second-order valence-electron chi connectivity index (χ2n) is 7.04. The van der Waals surface area contributed by atoms with Crippen LogP contribution in [0, 0.1) is 13.8 Å². The first kappa shape index (κ1) is 18.9. The number of aryl methyl sites for hydroxylation is 3. The molecule has 0 aliphatic heterocycles. The molecule has 9 nitrogen and oxygen atoms in total. The van der Waals surface area contributed by atoms with Crippen molar-refractivity contribution in [1.29, 1.82) is 0 Å². The third kappa shape index (κ3) is 2.98. The molecule has 4 rings (SSSR count). The highest BCUT2D eigenvalue weighted by Gasteiger charge is 2.20. The van der Waals surface area contributed by atoms with E-state index in [1.165, 1.54) is 4.57 Å². The van der Waals surface area contributed by atoms with E-state index >= 15 is 0 Å². The van der Waals surface area contributed by atoms with Crippen LogP contribution in [0.2, 0.25) is 0 Å². The van der Waals surface area contributed by atoms with E-state index in [1.54, 1.807) is 14.2 Å². The van der Waals surface area contributed by atoms with Crippen LogP contribution in [0.1, 0.15) is 17.8 Å². The molecule has 0 amide bonds. The summed E-state index contributed by atoms with van der Waals surface area (Å²) in [5.41, 5.74) is 2.82. The Kier molecular flexibility index (Phi) is 4.65. The largest absolute Gasteiger partial charge is 0.495 e. The Balaban J connectivity index is 1.64. The van der Waals surface area contributed by atoms with Crippen molar-refractivity contribution in [2.75, 3.05) is 19.0 Å². The van der Waals surface area contributed by atoms with Gasteiger partial charge in [-0.3, -0.25) is 18.7 Å². The summed E-state index contributed by atoms with van der Waals surface area (Å²) >= 11 is 0. The molecule has 0 radical (unpaired) electrons. The van der Waals surface area contributed by atoms with E-state index in [2.05, 4.69) is 19.9 Å². The van der Waals surface area contributed by atoms with E-state index in [9.17, 15) is 9.59 Å². The van der Waals surface area contributed by atoms with Gasteiger partial charge in [-0.25, -0.2) is 4.79 Å². The van der Waals surface area contributed by atoms with Gasteiger partial charge in [0.1, 0.15) is 5.75 Å². The van der Waals surface area contributed by atoms with Gasteiger partial charge < -0.3 is 14.6 Å². The number of benzene rings is 1. The van der Waals surface area contributed by atoms with Crippen molar-refractivity contribution in [3.63, 3.8) is 0 Å². The van der Waals surface area contributed by atoms with Gasteiger partial charge in [0.15, 0.2) is 11.2 Å². The lowest BCUT2D eigenvalue weighted by Gasteiger charge is -2.11. The molecule has 0 saturated carbocycles. The summed E-state index contributed by atoms with van der Waals surface area (Å²) < 4.78 is 10.6. The number of nitrogens with zero attached hydrogens (tertiary/aromatic N) is 4. The lowest BCUT2D eigenvalue weighted by molar-refractivity contribution is 0.416. The topological polar surface area (TPSA) is 98.4 Å². The van der Waals surface area contributed by atoms with Gasteiger partial charge in [0.05, 0.1) is 12.8 Å². The summed E-state index contributed by atoms with van der Waals surface area (Å²) in [6.45, 7) is 5.44. The molecule has 29 heavy (non-hydrogen) atoms. The average Bonchev–Trinajstić information content (AvgIpc) is 3.21. The second kappa shape index (κ2) is 7.16. The van der Waals surface area contributed by atoms with Crippen LogP contribution in [0.3, 0.4) is 0 Å². The Morgan fingerprint density at radius 3 is 2.69 bits per heavy atom. The van der Waals surface area contributed by atoms with Gasteiger partial charge in [0.2, 0.25) is 5.78 Å². The van der Waals surface area contributed by atoms with Crippen LogP contribution in [-0.4, -0.2) is 37.2 Å². The third-order valence-corrected chi connectivity index (χ3v) is 5.39. The van der Waals surface area contributed by atoms with Crippen molar-refractivity contribution in [2.45, 2.75) is 26.8 Å². The van der Waals surface area contributed by atoms with Crippen LogP contribution in [-0.2, 0) is 13.6 Å². The molecular formula is C20H24N6O3. The van der Waals surface area contributed by atoms with E-state index in [0.29, 0.717) is 16.9 Å². The highest BCUT2D eigenvalue weighted by Crippen LogP contribution is 2.23. The average molecular weight is 396 g/mol. The number of nitrogens with one attached hydrogen (secondary N) is 2. The highest BCUT2D eigenvalue weighted by molar-refractivity contribution is 5.76. The predicted octanol–water partition coefficient (Wildman–Crippen LogP) is 1.80. The van der Waals surface area contributed by atoms with E-state index < -0.39 is 11.2 Å². The van der Waals surface area contributed by atoms with Gasteiger partial charge in [0.25, 0.3) is 5.56 Å².